The van der Waals surface area contributed by atoms with E-state index >= 15 is 0 Å². The number of anilines is 2. The fourth-order valence-corrected chi connectivity index (χ4v) is 7.19. The predicted octanol–water partition coefficient (Wildman–Crippen LogP) is 4.83. The Labute approximate surface area is 278 Å². The number of hydrogen-bond acceptors (Lipinski definition) is 6. The molecule has 1 unspecified atom stereocenters. The molecule has 47 heavy (non-hydrogen) atoms. The summed E-state index contributed by atoms with van der Waals surface area (Å²) >= 11 is 1.61. The fourth-order valence-electron chi connectivity index (χ4n) is 6.53. The number of aryl methyl sites for hydroxylation is 1. The first kappa shape index (κ1) is 32.5. The Hall–Kier alpha value is -4.48. The second-order valence-electron chi connectivity index (χ2n) is 12.9. The second-order valence-corrected chi connectivity index (χ2v) is 13.7. The van der Waals surface area contributed by atoms with Gasteiger partial charge in [-0.1, -0.05) is 36.9 Å². The zero-order valence-corrected chi connectivity index (χ0v) is 27.6. The molecule has 2 aliphatic rings. The van der Waals surface area contributed by atoms with Crippen molar-refractivity contribution < 1.29 is 18.8 Å². The highest BCUT2D eigenvalue weighted by Gasteiger charge is 2.36. The Kier molecular flexibility index (Phi) is 9.20. The minimum atomic E-state index is -1.21. The van der Waals surface area contributed by atoms with E-state index in [9.17, 15) is 18.8 Å². The van der Waals surface area contributed by atoms with Crippen LogP contribution in [0.1, 0.15) is 43.4 Å². The molecule has 0 radical (unpaired) electrons. The minimum absolute atomic E-state index is 0.101. The van der Waals surface area contributed by atoms with Gasteiger partial charge < -0.3 is 30.7 Å². The normalized spacial score (nSPS) is 17.2. The van der Waals surface area contributed by atoms with Crippen LogP contribution in [0.2, 0.25) is 0 Å². The zero-order valence-electron chi connectivity index (χ0n) is 26.8. The Bertz CT molecular complexity index is 1810. The number of hydrogen-bond donors (Lipinski definition) is 3. The van der Waals surface area contributed by atoms with Crippen molar-refractivity contribution >= 4 is 51.3 Å². The van der Waals surface area contributed by atoms with E-state index in [1.54, 1.807) is 25.2 Å². The van der Waals surface area contributed by atoms with E-state index in [2.05, 4.69) is 33.6 Å². The van der Waals surface area contributed by atoms with Gasteiger partial charge in [0.2, 0.25) is 17.7 Å². The first-order valence-corrected chi connectivity index (χ1v) is 16.9. The highest BCUT2D eigenvalue weighted by molar-refractivity contribution is 7.07. The van der Waals surface area contributed by atoms with Crippen LogP contribution >= 0.6 is 11.3 Å². The van der Waals surface area contributed by atoms with Gasteiger partial charge in [0, 0.05) is 55.1 Å². The lowest BCUT2D eigenvalue weighted by Crippen LogP contribution is -2.58. The monoisotopic (exact) mass is 656 g/mol. The number of carbonyl (C=O) groups excluding carboxylic acids is 3. The molecule has 0 bridgehead atoms. The molecule has 2 aromatic carbocycles. The van der Waals surface area contributed by atoms with Gasteiger partial charge in [-0.2, -0.15) is 11.3 Å². The highest BCUT2D eigenvalue weighted by Crippen LogP contribution is 2.42. The van der Waals surface area contributed by atoms with Crippen LogP contribution in [0.4, 0.5) is 15.8 Å². The number of nitrogens with two attached hydrogens (primary N) is 1. The van der Waals surface area contributed by atoms with E-state index in [0.29, 0.717) is 31.6 Å². The van der Waals surface area contributed by atoms with Crippen molar-refractivity contribution in [1.82, 2.24) is 15.2 Å². The number of carbonyl (C=O) groups is 3. The lowest BCUT2D eigenvalue weighted by Gasteiger charge is -2.41. The van der Waals surface area contributed by atoms with E-state index in [1.807, 2.05) is 63.5 Å². The maximum absolute atomic E-state index is 14.2. The number of aromatic nitrogens is 1. The van der Waals surface area contributed by atoms with Crippen LogP contribution in [0.5, 0.6) is 0 Å². The van der Waals surface area contributed by atoms with E-state index < -0.39 is 30.2 Å². The molecule has 11 heteroatoms. The summed E-state index contributed by atoms with van der Waals surface area (Å²) in [6.07, 6.45) is 3.83. The van der Waals surface area contributed by atoms with Crippen LogP contribution < -0.4 is 26.2 Å². The van der Waals surface area contributed by atoms with Crippen molar-refractivity contribution in [3.8, 4) is 0 Å². The van der Waals surface area contributed by atoms with Gasteiger partial charge in [0.25, 0.3) is 0 Å². The molecule has 4 heterocycles. The first-order chi connectivity index (χ1) is 22.5. The molecule has 1 fully saturated rings. The van der Waals surface area contributed by atoms with Gasteiger partial charge in [-0.15, -0.1) is 0 Å². The average Bonchev–Trinajstić information content (AvgIpc) is 3.79. The number of benzene rings is 2. The van der Waals surface area contributed by atoms with Gasteiger partial charge in [-0.25, -0.2) is 4.39 Å². The quantitative estimate of drug-likeness (QED) is 0.214. The summed E-state index contributed by atoms with van der Waals surface area (Å²) in [5.41, 5.74) is 11.2. The molecule has 246 valence electrons. The number of amides is 3. The average molecular weight is 657 g/mol. The van der Waals surface area contributed by atoms with E-state index in [0.717, 1.165) is 45.4 Å². The molecule has 6 rings (SSSR count). The zero-order chi connectivity index (χ0) is 33.3. The highest BCUT2D eigenvalue weighted by atomic mass is 32.1. The maximum atomic E-state index is 14.2. The van der Waals surface area contributed by atoms with Gasteiger partial charge in [-0.05, 0) is 65.9 Å². The molecule has 4 aromatic rings. The topological polar surface area (TPSA) is 113 Å². The minimum Gasteiger partial charge on any atom is -0.346 e. The Morgan fingerprint density at radius 2 is 1.98 bits per heavy atom. The third-order valence-corrected chi connectivity index (χ3v) is 9.70. The molecule has 9 nitrogen and oxygen atoms in total. The Morgan fingerprint density at radius 1 is 1.17 bits per heavy atom. The fraction of sp³-hybridized carbons (Fsp3) is 0.361. The van der Waals surface area contributed by atoms with E-state index in [4.69, 9.17) is 5.73 Å². The number of thiophene rings is 1. The van der Waals surface area contributed by atoms with E-state index in [1.165, 1.54) is 0 Å². The van der Waals surface area contributed by atoms with Crippen LogP contribution in [-0.2, 0) is 40.3 Å². The summed E-state index contributed by atoms with van der Waals surface area (Å²) in [6.45, 7) is 8.50. The van der Waals surface area contributed by atoms with Gasteiger partial charge in [0.05, 0.1) is 29.5 Å². The Morgan fingerprint density at radius 3 is 2.68 bits per heavy atom. The summed E-state index contributed by atoms with van der Waals surface area (Å²) in [4.78, 5) is 44.2. The van der Waals surface area contributed by atoms with Gasteiger partial charge >= 0.3 is 0 Å². The standard InChI is InChI=1S/C36H41FN6O3S/c1-23-28(18-25-8-6-11-31(42-15-7-12-32(42)44)33(25)43(23)20-24-13-17-47-22-24)39-34(45)29(40-35(46)36(2,3)38)19-26-21-41(16-14-37)30-10-5-4-9-27(26)30/h4-6,8-11,13,17,21-22,28-29H,1,7,12,14-16,18-20,38H2,2-3H3,(H,39,45)(H,40,46)/t28?,29-/m1/s1. The molecule has 0 spiro atoms. The van der Waals surface area contributed by atoms with Gasteiger partial charge in [0.1, 0.15) is 12.7 Å². The molecule has 2 aromatic heterocycles. The van der Waals surface area contributed by atoms with E-state index in [-0.39, 0.29) is 24.8 Å². The van der Waals surface area contributed by atoms with Gasteiger partial charge in [-0.3, -0.25) is 14.4 Å². The smallest absolute Gasteiger partial charge is 0.243 e. The second kappa shape index (κ2) is 13.3. The lowest BCUT2D eigenvalue weighted by molar-refractivity contribution is -0.131. The van der Waals surface area contributed by atoms with Crippen molar-refractivity contribution in [3.63, 3.8) is 0 Å². The van der Waals surface area contributed by atoms with Crippen molar-refractivity contribution in [1.29, 1.82) is 0 Å². The molecule has 3 amide bonds. The van der Waals surface area contributed by atoms with Gasteiger partial charge in [0.15, 0.2) is 0 Å². The number of para-hydroxylation sites is 2. The summed E-state index contributed by atoms with van der Waals surface area (Å²) in [7, 11) is 0. The van der Waals surface area contributed by atoms with Crippen LogP contribution in [-0.4, -0.2) is 53.1 Å². The Balaban J connectivity index is 1.32. The van der Waals surface area contributed by atoms with Crippen LogP contribution in [0.3, 0.4) is 0 Å². The number of nitrogens with one attached hydrogen (secondary N) is 2. The maximum Gasteiger partial charge on any atom is 0.243 e. The molecular weight excluding hydrogens is 616 g/mol. The number of nitrogens with zero attached hydrogens (tertiary/aromatic N) is 3. The summed E-state index contributed by atoms with van der Waals surface area (Å²) in [5.74, 6) is -0.734. The number of alkyl halides is 1. The van der Waals surface area contributed by atoms with Crippen LogP contribution in [0.15, 0.2) is 77.8 Å². The summed E-state index contributed by atoms with van der Waals surface area (Å²) < 4.78 is 15.2. The molecule has 0 saturated carbocycles. The lowest BCUT2D eigenvalue weighted by atomic mass is 9.93. The third-order valence-electron chi connectivity index (χ3n) is 8.97. The number of halogens is 1. The van der Waals surface area contributed by atoms with Crippen molar-refractivity contribution in [3.05, 3.63) is 94.5 Å². The number of fused-ring (bicyclic) bond motifs is 2. The molecule has 2 aliphatic heterocycles. The number of rotatable bonds is 11. The molecule has 2 atom stereocenters. The van der Waals surface area contributed by atoms with Crippen LogP contribution in [0, 0.1) is 0 Å². The van der Waals surface area contributed by atoms with Crippen molar-refractivity contribution in [2.45, 2.75) is 70.2 Å². The third kappa shape index (κ3) is 6.68. The van der Waals surface area contributed by atoms with Crippen molar-refractivity contribution in [2.24, 2.45) is 5.73 Å². The largest absolute Gasteiger partial charge is 0.346 e. The first-order valence-electron chi connectivity index (χ1n) is 16.0. The summed E-state index contributed by atoms with van der Waals surface area (Å²) in [6, 6.07) is 14.2. The predicted molar refractivity (Wildman–Crippen MR) is 185 cm³/mol. The molecule has 0 aliphatic carbocycles. The molecule has 4 N–H and O–H groups in total. The molecular formula is C36H41FN6O3S. The SMILES string of the molecule is C=C1C(NC(=O)[C@@H](Cc2cn(CCF)c3ccccc23)NC(=O)C(C)(C)N)Cc2cccc(N3CCCC3=O)c2N1Cc1ccsc1. The molecule has 1 saturated heterocycles. The van der Waals surface area contributed by atoms with Crippen molar-refractivity contribution in [2.75, 3.05) is 23.0 Å². The van der Waals surface area contributed by atoms with Crippen LogP contribution in [0.25, 0.3) is 10.9 Å². The summed E-state index contributed by atoms with van der Waals surface area (Å²) in [5, 5.41) is 11.1.